The first-order valence-electron chi connectivity index (χ1n) is 7.21. The van der Waals surface area contributed by atoms with Gasteiger partial charge in [-0.3, -0.25) is 0 Å². The maximum Gasteiger partial charge on any atom is 0.261 e. The van der Waals surface area contributed by atoms with Crippen molar-refractivity contribution >= 4 is 0 Å². The van der Waals surface area contributed by atoms with Crippen LogP contribution < -0.4 is 5.32 Å². The number of benzene rings is 1. The van der Waals surface area contributed by atoms with Gasteiger partial charge in [0.05, 0.1) is 0 Å². The maximum absolute atomic E-state index is 12.1. The fraction of sp³-hybridized carbons (Fsp3) is 0.625. The Morgan fingerprint density at radius 3 is 2.60 bits per heavy atom. The molecule has 0 saturated carbocycles. The molecule has 1 unspecified atom stereocenters. The Balaban J connectivity index is 2.62. The topological polar surface area (TPSA) is 21.3 Å². The lowest BCUT2D eigenvalue weighted by molar-refractivity contribution is 0.0143. The van der Waals surface area contributed by atoms with Gasteiger partial charge in [0, 0.05) is 12.6 Å². The second-order valence-corrected chi connectivity index (χ2v) is 5.12. The summed E-state index contributed by atoms with van der Waals surface area (Å²) in [7, 11) is 0. The zero-order valence-electron chi connectivity index (χ0n) is 12.6. The van der Waals surface area contributed by atoms with Gasteiger partial charge in [-0.05, 0) is 44.4 Å². The molecule has 20 heavy (non-hydrogen) atoms. The molecule has 0 heterocycles. The Hall–Kier alpha value is -1.00. The average Bonchev–Trinajstić information content (AvgIpc) is 2.38. The molecule has 1 atom stereocenters. The summed E-state index contributed by atoms with van der Waals surface area (Å²) in [6.07, 6.45) is -0.645. The Morgan fingerprint density at radius 1 is 1.25 bits per heavy atom. The number of rotatable bonds is 9. The number of aryl methyl sites for hydroxylation is 2. The number of hydrogen-bond donors (Lipinski definition) is 1. The van der Waals surface area contributed by atoms with Crippen LogP contribution in [-0.2, 0) is 4.74 Å². The van der Waals surface area contributed by atoms with E-state index in [1.165, 1.54) is 16.7 Å². The highest BCUT2D eigenvalue weighted by Gasteiger charge is 2.13. The van der Waals surface area contributed by atoms with Gasteiger partial charge < -0.3 is 10.1 Å². The molecule has 0 radical (unpaired) electrons. The number of alkyl halides is 2. The maximum atomic E-state index is 12.1. The molecule has 114 valence electrons. The fourth-order valence-corrected chi connectivity index (χ4v) is 2.28. The third-order valence-electron chi connectivity index (χ3n) is 3.24. The van der Waals surface area contributed by atoms with Gasteiger partial charge in [0.25, 0.3) is 6.43 Å². The van der Waals surface area contributed by atoms with Gasteiger partial charge in [-0.2, -0.15) is 0 Å². The van der Waals surface area contributed by atoms with Crippen molar-refractivity contribution in [1.29, 1.82) is 0 Å². The first-order valence-corrected chi connectivity index (χ1v) is 7.21. The second kappa shape index (κ2) is 9.03. The van der Waals surface area contributed by atoms with Crippen molar-refractivity contribution in [3.63, 3.8) is 0 Å². The van der Waals surface area contributed by atoms with E-state index in [9.17, 15) is 8.78 Å². The molecule has 1 aromatic rings. The lowest BCUT2D eigenvalue weighted by Gasteiger charge is -2.21. The van der Waals surface area contributed by atoms with Gasteiger partial charge in [0.15, 0.2) is 0 Å². The number of ether oxygens (including phenoxy) is 1. The van der Waals surface area contributed by atoms with Crippen molar-refractivity contribution in [3.8, 4) is 0 Å². The lowest BCUT2D eigenvalue weighted by Crippen LogP contribution is -2.24. The summed E-state index contributed by atoms with van der Waals surface area (Å²) in [5.74, 6) is 0. The van der Waals surface area contributed by atoms with Gasteiger partial charge in [-0.1, -0.05) is 30.7 Å². The molecule has 0 saturated heterocycles. The van der Waals surface area contributed by atoms with E-state index in [0.717, 1.165) is 13.0 Å². The number of hydrogen-bond acceptors (Lipinski definition) is 2. The average molecular weight is 285 g/mol. The monoisotopic (exact) mass is 285 g/mol. The van der Waals surface area contributed by atoms with E-state index in [4.69, 9.17) is 4.74 Å². The Labute approximate surface area is 120 Å². The van der Waals surface area contributed by atoms with E-state index in [2.05, 4.69) is 44.3 Å². The molecular formula is C16H25F2NO. The summed E-state index contributed by atoms with van der Waals surface area (Å²) >= 11 is 0. The molecule has 0 spiro atoms. The van der Waals surface area contributed by atoms with Gasteiger partial charge in [-0.25, -0.2) is 8.78 Å². The molecule has 4 heteroatoms. The van der Waals surface area contributed by atoms with Crippen LogP contribution in [0.15, 0.2) is 18.2 Å². The molecule has 1 rings (SSSR count). The molecule has 1 N–H and O–H groups in total. The molecule has 0 bridgehead atoms. The van der Waals surface area contributed by atoms with Crippen LogP contribution in [0.5, 0.6) is 0 Å². The smallest absolute Gasteiger partial charge is 0.261 e. The molecule has 1 aromatic carbocycles. The number of halogens is 2. The zero-order valence-corrected chi connectivity index (χ0v) is 12.6. The molecule has 0 aliphatic heterocycles. The summed E-state index contributed by atoms with van der Waals surface area (Å²) in [5.41, 5.74) is 3.69. The highest BCUT2D eigenvalue weighted by atomic mass is 19.3. The normalized spacial score (nSPS) is 12.9. The van der Waals surface area contributed by atoms with E-state index < -0.39 is 13.0 Å². The van der Waals surface area contributed by atoms with Crippen LogP contribution in [0.1, 0.15) is 42.5 Å². The minimum atomic E-state index is -2.39. The highest BCUT2D eigenvalue weighted by Crippen LogP contribution is 2.22. The SMILES string of the molecule is CCCNC(CCOCC(F)F)c1ccc(C)cc1C. The summed E-state index contributed by atoms with van der Waals surface area (Å²) in [6, 6.07) is 6.51. The Bertz CT molecular complexity index is 396. The molecule has 0 amide bonds. The second-order valence-electron chi connectivity index (χ2n) is 5.12. The van der Waals surface area contributed by atoms with Crippen LogP contribution in [0.4, 0.5) is 8.78 Å². The van der Waals surface area contributed by atoms with Gasteiger partial charge in [0.2, 0.25) is 0 Å². The molecular weight excluding hydrogens is 260 g/mol. The molecule has 2 nitrogen and oxygen atoms in total. The number of nitrogens with one attached hydrogen (secondary N) is 1. The van der Waals surface area contributed by atoms with E-state index in [0.29, 0.717) is 13.0 Å². The standard InChI is InChI=1S/C16H25F2NO/c1-4-8-19-15(7-9-20-11-16(17)18)14-6-5-12(2)10-13(14)3/h5-6,10,15-16,19H,4,7-9,11H2,1-3H3. The lowest BCUT2D eigenvalue weighted by atomic mass is 9.97. The third-order valence-corrected chi connectivity index (χ3v) is 3.24. The highest BCUT2D eigenvalue weighted by molar-refractivity contribution is 5.32. The minimum absolute atomic E-state index is 0.160. The summed E-state index contributed by atoms with van der Waals surface area (Å²) in [5, 5.41) is 3.47. The van der Waals surface area contributed by atoms with Crippen LogP contribution in [0.25, 0.3) is 0 Å². The van der Waals surface area contributed by atoms with Crippen LogP contribution in [-0.4, -0.2) is 26.2 Å². The van der Waals surface area contributed by atoms with Crippen molar-refractivity contribution in [3.05, 3.63) is 34.9 Å². The molecule has 0 aliphatic carbocycles. The van der Waals surface area contributed by atoms with Crippen LogP contribution in [0.2, 0.25) is 0 Å². The van der Waals surface area contributed by atoms with Crippen molar-refractivity contribution in [2.24, 2.45) is 0 Å². The van der Waals surface area contributed by atoms with E-state index >= 15 is 0 Å². The van der Waals surface area contributed by atoms with E-state index in [1.54, 1.807) is 0 Å². The van der Waals surface area contributed by atoms with Crippen molar-refractivity contribution < 1.29 is 13.5 Å². The van der Waals surface area contributed by atoms with Crippen LogP contribution in [0, 0.1) is 13.8 Å². The van der Waals surface area contributed by atoms with Gasteiger partial charge >= 0.3 is 0 Å². The van der Waals surface area contributed by atoms with E-state index in [1.807, 2.05) is 0 Å². The minimum Gasteiger partial charge on any atom is -0.375 e. The molecule has 0 aromatic heterocycles. The zero-order chi connectivity index (χ0) is 15.0. The van der Waals surface area contributed by atoms with Crippen molar-refractivity contribution in [2.75, 3.05) is 19.8 Å². The Kier molecular flexibility index (Phi) is 7.70. The van der Waals surface area contributed by atoms with Crippen molar-refractivity contribution in [1.82, 2.24) is 5.32 Å². The molecule has 0 aliphatic rings. The first-order chi connectivity index (χ1) is 9.54. The largest absolute Gasteiger partial charge is 0.375 e. The van der Waals surface area contributed by atoms with Gasteiger partial charge in [0.1, 0.15) is 6.61 Å². The summed E-state index contributed by atoms with van der Waals surface area (Å²) < 4.78 is 29.1. The predicted molar refractivity (Wildman–Crippen MR) is 78.4 cm³/mol. The van der Waals surface area contributed by atoms with Crippen LogP contribution in [0.3, 0.4) is 0 Å². The van der Waals surface area contributed by atoms with Crippen molar-refractivity contribution in [2.45, 2.75) is 46.1 Å². The van der Waals surface area contributed by atoms with E-state index in [-0.39, 0.29) is 6.04 Å². The third kappa shape index (κ3) is 5.97. The first kappa shape index (κ1) is 17.1. The van der Waals surface area contributed by atoms with Crippen LogP contribution >= 0.6 is 0 Å². The quantitative estimate of drug-likeness (QED) is 0.692. The Morgan fingerprint density at radius 2 is 2.00 bits per heavy atom. The fourth-order valence-electron chi connectivity index (χ4n) is 2.28. The predicted octanol–water partition coefficient (Wildman–Crippen LogP) is 4.02. The summed E-state index contributed by atoms with van der Waals surface area (Å²) in [4.78, 5) is 0. The summed E-state index contributed by atoms with van der Waals surface area (Å²) in [6.45, 7) is 7.04. The van der Waals surface area contributed by atoms with Gasteiger partial charge in [-0.15, -0.1) is 0 Å². The molecule has 0 fully saturated rings.